The highest BCUT2D eigenvalue weighted by Gasteiger charge is 2.35. The van der Waals surface area contributed by atoms with E-state index >= 15 is 0 Å². The van der Waals surface area contributed by atoms with Gasteiger partial charge in [0.25, 0.3) is 0 Å². The van der Waals surface area contributed by atoms with Crippen molar-refractivity contribution in [2.45, 2.75) is 25.3 Å². The molecule has 154 valence electrons. The van der Waals surface area contributed by atoms with E-state index in [0.29, 0.717) is 13.0 Å². The normalized spacial score (nSPS) is 18.3. The van der Waals surface area contributed by atoms with E-state index in [4.69, 9.17) is 4.99 Å². The van der Waals surface area contributed by atoms with Crippen LogP contribution in [0.15, 0.2) is 83.9 Å². The highest BCUT2D eigenvalue weighted by molar-refractivity contribution is 6.24. The van der Waals surface area contributed by atoms with E-state index in [1.54, 1.807) is 0 Å². The van der Waals surface area contributed by atoms with Crippen molar-refractivity contribution in [2.24, 2.45) is 4.99 Å². The molecule has 3 aromatic carbocycles. The number of rotatable bonds is 5. The molecule has 2 amide bonds. The molecule has 1 unspecified atom stereocenters. The molecule has 0 spiro atoms. The van der Waals surface area contributed by atoms with Gasteiger partial charge in [-0.2, -0.15) is 0 Å². The van der Waals surface area contributed by atoms with Crippen LogP contribution in [0.4, 0.5) is 11.4 Å². The smallest absolute Gasteiger partial charge is 0.238 e. The molecular weight excluding hydrogens is 386 g/mol. The van der Waals surface area contributed by atoms with E-state index < -0.39 is 5.92 Å². The van der Waals surface area contributed by atoms with Gasteiger partial charge >= 0.3 is 0 Å². The zero-order valence-electron chi connectivity index (χ0n) is 17.1. The largest absolute Gasteiger partial charge is 0.338 e. The van der Waals surface area contributed by atoms with E-state index in [9.17, 15) is 9.59 Å². The zero-order valence-corrected chi connectivity index (χ0v) is 17.1. The van der Waals surface area contributed by atoms with Crippen molar-refractivity contribution in [3.63, 3.8) is 0 Å². The molecule has 1 saturated heterocycles. The Bertz CT molecular complexity index is 1150. The summed E-state index contributed by atoms with van der Waals surface area (Å²) in [5.74, 6) is -0.298. The fourth-order valence-electron chi connectivity index (χ4n) is 4.29. The second-order valence-corrected chi connectivity index (χ2v) is 7.96. The first kappa shape index (κ1) is 19.2. The van der Waals surface area contributed by atoms with Crippen molar-refractivity contribution in [1.29, 1.82) is 0 Å². The van der Waals surface area contributed by atoms with Crippen LogP contribution in [0.25, 0.3) is 0 Å². The van der Waals surface area contributed by atoms with Gasteiger partial charge in [0.15, 0.2) is 0 Å². The first-order valence-electron chi connectivity index (χ1n) is 10.6. The Kier molecular flexibility index (Phi) is 5.08. The first-order chi connectivity index (χ1) is 15.2. The van der Waals surface area contributed by atoms with E-state index in [2.05, 4.69) is 5.32 Å². The van der Waals surface area contributed by atoms with Gasteiger partial charge in [-0.15, -0.1) is 0 Å². The molecule has 1 N–H and O–H groups in total. The Morgan fingerprint density at radius 3 is 2.42 bits per heavy atom. The molecule has 5 rings (SSSR count). The third-order valence-corrected chi connectivity index (χ3v) is 5.87. The number of anilines is 1. The summed E-state index contributed by atoms with van der Waals surface area (Å²) in [6.07, 6.45) is 1.58. The molecule has 0 aromatic heterocycles. The third-order valence-electron chi connectivity index (χ3n) is 5.87. The number of benzene rings is 3. The van der Waals surface area contributed by atoms with Crippen molar-refractivity contribution < 1.29 is 9.59 Å². The lowest BCUT2D eigenvalue weighted by atomic mass is 9.90. The van der Waals surface area contributed by atoms with Gasteiger partial charge in [-0.1, -0.05) is 60.7 Å². The molecule has 3 aromatic rings. The Labute approximate surface area is 181 Å². The van der Waals surface area contributed by atoms with E-state index in [1.807, 2.05) is 83.8 Å². The van der Waals surface area contributed by atoms with Crippen LogP contribution in [-0.4, -0.2) is 29.0 Å². The van der Waals surface area contributed by atoms with Crippen molar-refractivity contribution in [2.75, 3.05) is 11.9 Å². The molecule has 0 radical (unpaired) electrons. The summed E-state index contributed by atoms with van der Waals surface area (Å²) in [4.78, 5) is 31.6. The topological polar surface area (TPSA) is 61.8 Å². The summed E-state index contributed by atoms with van der Waals surface area (Å²) in [5.41, 5.74) is 5.30. The second-order valence-electron chi connectivity index (χ2n) is 7.96. The number of aliphatic imine (C=N–C) groups is 1. The molecule has 1 fully saturated rings. The number of hydrogen-bond donors (Lipinski definition) is 1. The molecule has 5 heteroatoms. The van der Waals surface area contributed by atoms with Crippen LogP contribution < -0.4 is 5.32 Å². The van der Waals surface area contributed by atoms with Gasteiger partial charge in [0, 0.05) is 25.2 Å². The Balaban J connectivity index is 1.49. The Hall–Kier alpha value is -3.73. The molecule has 2 aliphatic rings. The summed E-state index contributed by atoms with van der Waals surface area (Å²) in [6, 6.07) is 25.5. The van der Waals surface area contributed by atoms with E-state index in [-0.39, 0.29) is 11.8 Å². The van der Waals surface area contributed by atoms with Crippen LogP contribution in [0, 0.1) is 0 Å². The van der Waals surface area contributed by atoms with Gasteiger partial charge in [-0.05, 0) is 41.3 Å². The minimum absolute atomic E-state index is 0.0621. The second kappa shape index (κ2) is 8.19. The number of carbonyl (C=O) groups excluding carboxylic acids is 2. The van der Waals surface area contributed by atoms with Gasteiger partial charge in [-0.3, -0.25) is 14.6 Å². The quantitative estimate of drug-likeness (QED) is 0.623. The molecule has 0 bridgehead atoms. The van der Waals surface area contributed by atoms with Crippen LogP contribution in [-0.2, 0) is 16.1 Å². The number of para-hydroxylation sites is 1. The average Bonchev–Trinajstić information content (AvgIpc) is 3.35. The number of fused-ring (bicyclic) bond motifs is 1. The summed E-state index contributed by atoms with van der Waals surface area (Å²) in [5, 5.41) is 2.98. The van der Waals surface area contributed by atoms with Gasteiger partial charge in [0.1, 0.15) is 5.92 Å². The van der Waals surface area contributed by atoms with E-state index in [0.717, 1.165) is 46.7 Å². The standard InChI is InChI=1S/C26H23N3O2/c30-23-11-6-16-29(23)17-18-12-14-20(15-13-18)27-25(19-7-2-1-3-8-19)24-21-9-4-5-10-22(21)28-26(24)31/h1-5,7-10,12-15,24H,6,11,16-17H2,(H,28,31). The van der Waals surface area contributed by atoms with Crippen molar-refractivity contribution in [1.82, 2.24) is 4.90 Å². The van der Waals surface area contributed by atoms with Crippen LogP contribution in [0.1, 0.15) is 35.4 Å². The SMILES string of the molecule is O=C1Nc2ccccc2C1C(=Nc1ccc(CN2CCCC2=O)cc1)c1ccccc1. The lowest BCUT2D eigenvalue weighted by molar-refractivity contribution is -0.128. The number of hydrogen-bond acceptors (Lipinski definition) is 3. The van der Waals surface area contributed by atoms with E-state index in [1.165, 1.54) is 0 Å². The molecule has 2 heterocycles. The van der Waals surface area contributed by atoms with Gasteiger partial charge in [0.2, 0.25) is 11.8 Å². The molecular formula is C26H23N3O2. The predicted molar refractivity (Wildman–Crippen MR) is 122 cm³/mol. The monoisotopic (exact) mass is 409 g/mol. The third kappa shape index (κ3) is 3.87. The number of nitrogens with one attached hydrogen (secondary N) is 1. The molecule has 1 atom stereocenters. The zero-order chi connectivity index (χ0) is 21.2. The van der Waals surface area contributed by atoms with Gasteiger partial charge < -0.3 is 10.2 Å². The molecule has 31 heavy (non-hydrogen) atoms. The fraction of sp³-hybridized carbons (Fsp3) is 0.192. The summed E-state index contributed by atoms with van der Waals surface area (Å²) < 4.78 is 0. The minimum Gasteiger partial charge on any atom is -0.338 e. The number of amides is 2. The summed E-state index contributed by atoms with van der Waals surface area (Å²) >= 11 is 0. The average molecular weight is 409 g/mol. The molecule has 0 aliphatic carbocycles. The van der Waals surface area contributed by atoms with Crippen LogP contribution in [0.3, 0.4) is 0 Å². The van der Waals surface area contributed by atoms with Crippen molar-refractivity contribution in [3.8, 4) is 0 Å². The maximum absolute atomic E-state index is 12.9. The highest BCUT2D eigenvalue weighted by Crippen LogP contribution is 2.36. The number of carbonyl (C=O) groups is 2. The van der Waals surface area contributed by atoms with Crippen LogP contribution >= 0.6 is 0 Å². The molecule has 0 saturated carbocycles. The fourth-order valence-corrected chi connectivity index (χ4v) is 4.29. The molecule has 5 nitrogen and oxygen atoms in total. The van der Waals surface area contributed by atoms with Gasteiger partial charge in [0.05, 0.1) is 11.4 Å². The lowest BCUT2D eigenvalue weighted by Crippen LogP contribution is -2.23. The Morgan fingerprint density at radius 2 is 1.68 bits per heavy atom. The van der Waals surface area contributed by atoms with Crippen LogP contribution in [0.2, 0.25) is 0 Å². The van der Waals surface area contributed by atoms with Crippen molar-refractivity contribution in [3.05, 3.63) is 95.6 Å². The number of likely N-dealkylation sites (tertiary alicyclic amines) is 1. The maximum atomic E-state index is 12.9. The lowest BCUT2D eigenvalue weighted by Gasteiger charge is -2.16. The number of nitrogens with zero attached hydrogens (tertiary/aromatic N) is 2. The maximum Gasteiger partial charge on any atom is 0.238 e. The van der Waals surface area contributed by atoms with Gasteiger partial charge in [-0.25, -0.2) is 0 Å². The molecule has 2 aliphatic heterocycles. The summed E-state index contributed by atoms with van der Waals surface area (Å²) in [7, 11) is 0. The summed E-state index contributed by atoms with van der Waals surface area (Å²) in [6.45, 7) is 1.46. The highest BCUT2D eigenvalue weighted by atomic mass is 16.2. The van der Waals surface area contributed by atoms with Crippen LogP contribution in [0.5, 0.6) is 0 Å². The Morgan fingerprint density at radius 1 is 0.935 bits per heavy atom. The minimum atomic E-state index is -0.458. The predicted octanol–water partition coefficient (Wildman–Crippen LogP) is 4.67. The first-order valence-corrected chi connectivity index (χ1v) is 10.6. The van der Waals surface area contributed by atoms with Crippen molar-refractivity contribution >= 4 is 28.9 Å².